The highest BCUT2D eigenvalue weighted by Gasteiger charge is 2.36. The molecule has 0 aromatic rings. The molecule has 2 N–H and O–H groups in total. The second-order valence-corrected chi connectivity index (χ2v) is 5.97. The smallest absolute Gasteiger partial charge is 0.317 e. The number of rotatable bonds is 6. The molecule has 0 saturated carbocycles. The number of aliphatic carboxylic acids is 1. The molecule has 0 aliphatic carbocycles. The minimum atomic E-state index is -0.820. The fourth-order valence-corrected chi connectivity index (χ4v) is 2.80. The van der Waals surface area contributed by atoms with Crippen LogP contribution in [0.4, 0.5) is 4.79 Å². The molecular weight excluding hydrogens is 252 g/mol. The number of urea groups is 1. The van der Waals surface area contributed by atoms with E-state index < -0.39 is 11.9 Å². The Morgan fingerprint density at radius 3 is 2.33 bits per heavy atom. The average Bonchev–Trinajstić information content (AvgIpc) is 2.29. The van der Waals surface area contributed by atoms with Crippen LogP contribution >= 0.6 is 11.8 Å². The second kappa shape index (κ2) is 6.31. The number of carbonyl (C=O) groups excluding carboxylic acids is 1. The van der Waals surface area contributed by atoms with Gasteiger partial charge in [0.25, 0.3) is 0 Å². The summed E-state index contributed by atoms with van der Waals surface area (Å²) in [5, 5.41) is 11.7. The van der Waals surface area contributed by atoms with E-state index in [4.69, 9.17) is 5.11 Å². The highest BCUT2D eigenvalue weighted by molar-refractivity contribution is 8.00. The van der Waals surface area contributed by atoms with E-state index in [1.54, 1.807) is 16.7 Å². The van der Waals surface area contributed by atoms with Gasteiger partial charge in [-0.2, -0.15) is 11.8 Å². The minimum Gasteiger partial charge on any atom is -0.481 e. The van der Waals surface area contributed by atoms with Gasteiger partial charge in [-0.25, -0.2) is 4.79 Å². The van der Waals surface area contributed by atoms with E-state index in [0.29, 0.717) is 19.6 Å². The van der Waals surface area contributed by atoms with Crippen LogP contribution in [0.3, 0.4) is 0 Å². The van der Waals surface area contributed by atoms with Gasteiger partial charge in [0.15, 0.2) is 0 Å². The Balaban J connectivity index is 2.36. The van der Waals surface area contributed by atoms with Crippen LogP contribution < -0.4 is 5.32 Å². The quantitative estimate of drug-likeness (QED) is 0.772. The summed E-state index contributed by atoms with van der Waals surface area (Å²) in [6.07, 6.45) is 4.06. The van der Waals surface area contributed by atoms with Crippen molar-refractivity contribution in [3.05, 3.63) is 0 Å². The zero-order valence-corrected chi connectivity index (χ0v) is 12.0. The first-order valence-electron chi connectivity index (χ1n) is 6.28. The number of nitrogens with one attached hydrogen (secondary N) is 1. The molecule has 1 aliphatic rings. The summed E-state index contributed by atoms with van der Waals surface area (Å²) in [5.41, 5.74) is 0. The number of amides is 2. The number of nitrogens with zero attached hydrogens (tertiary/aromatic N) is 1. The lowest BCUT2D eigenvalue weighted by Gasteiger charge is -2.38. The molecule has 0 spiro atoms. The van der Waals surface area contributed by atoms with E-state index in [9.17, 15) is 9.59 Å². The van der Waals surface area contributed by atoms with E-state index in [0.717, 1.165) is 12.8 Å². The summed E-state index contributed by atoms with van der Waals surface area (Å²) in [5.74, 6) is -1.21. The summed E-state index contributed by atoms with van der Waals surface area (Å²) in [6.45, 7) is 5.53. The number of hydrogen-bond donors (Lipinski definition) is 2. The Hall–Kier alpha value is -0.910. The van der Waals surface area contributed by atoms with Gasteiger partial charge in [-0.15, -0.1) is 0 Å². The zero-order valence-electron chi connectivity index (χ0n) is 11.2. The molecule has 6 heteroatoms. The Morgan fingerprint density at radius 1 is 1.39 bits per heavy atom. The van der Waals surface area contributed by atoms with E-state index in [-0.39, 0.29) is 10.8 Å². The number of hydrogen-bond acceptors (Lipinski definition) is 3. The van der Waals surface area contributed by atoms with Crippen molar-refractivity contribution in [2.24, 2.45) is 5.92 Å². The monoisotopic (exact) mass is 274 g/mol. The summed E-state index contributed by atoms with van der Waals surface area (Å²) in [4.78, 5) is 24.0. The predicted octanol–water partition coefficient (Wildman–Crippen LogP) is 1.63. The summed E-state index contributed by atoms with van der Waals surface area (Å²) in [6, 6.07) is -0.146. The molecule has 5 nitrogen and oxygen atoms in total. The molecule has 1 saturated heterocycles. The van der Waals surface area contributed by atoms with Crippen molar-refractivity contribution in [2.45, 2.75) is 31.4 Å². The number of thioether (sulfide) groups is 1. The van der Waals surface area contributed by atoms with Gasteiger partial charge in [-0.3, -0.25) is 4.79 Å². The van der Waals surface area contributed by atoms with E-state index in [1.165, 1.54) is 0 Å². The first-order valence-corrected chi connectivity index (χ1v) is 7.51. The Labute approximate surface area is 112 Å². The second-order valence-electron chi connectivity index (χ2n) is 4.69. The molecule has 1 aliphatic heterocycles. The summed E-state index contributed by atoms with van der Waals surface area (Å²) >= 11 is 1.77. The third-order valence-corrected chi connectivity index (χ3v) is 5.39. The maximum absolute atomic E-state index is 11.8. The van der Waals surface area contributed by atoms with Crippen molar-refractivity contribution in [3.63, 3.8) is 0 Å². The predicted molar refractivity (Wildman–Crippen MR) is 72.9 cm³/mol. The van der Waals surface area contributed by atoms with Gasteiger partial charge in [-0.05, 0) is 19.1 Å². The Kier molecular flexibility index (Phi) is 5.31. The van der Waals surface area contributed by atoms with Crippen LogP contribution in [0.5, 0.6) is 0 Å². The molecule has 0 atom stereocenters. The molecule has 1 rings (SSSR count). The van der Waals surface area contributed by atoms with Crippen LogP contribution in [0.25, 0.3) is 0 Å². The molecule has 0 bridgehead atoms. The van der Waals surface area contributed by atoms with E-state index in [2.05, 4.69) is 25.4 Å². The van der Waals surface area contributed by atoms with Gasteiger partial charge in [-0.1, -0.05) is 13.8 Å². The van der Waals surface area contributed by atoms with Gasteiger partial charge in [0.2, 0.25) is 0 Å². The van der Waals surface area contributed by atoms with Crippen LogP contribution in [-0.2, 0) is 4.79 Å². The van der Waals surface area contributed by atoms with E-state index >= 15 is 0 Å². The third-order valence-electron chi connectivity index (χ3n) is 3.80. The van der Waals surface area contributed by atoms with Gasteiger partial charge in [0.1, 0.15) is 0 Å². The van der Waals surface area contributed by atoms with Crippen molar-refractivity contribution in [2.75, 3.05) is 25.9 Å². The molecule has 1 fully saturated rings. The fraction of sp³-hybridized carbons (Fsp3) is 0.833. The molecule has 0 aromatic heterocycles. The maximum Gasteiger partial charge on any atom is 0.317 e. The molecule has 18 heavy (non-hydrogen) atoms. The lowest BCUT2D eigenvalue weighted by Crippen LogP contribution is -2.57. The molecule has 104 valence electrons. The first-order chi connectivity index (χ1) is 8.48. The van der Waals surface area contributed by atoms with Crippen LogP contribution in [0.15, 0.2) is 0 Å². The SMILES string of the molecule is CCC(CC)(CNC(=O)N1CC(C(=O)O)C1)SC. The standard InChI is InChI=1S/C12H22N2O3S/c1-4-12(5-2,18-3)8-13-11(17)14-6-9(7-14)10(15)16/h9H,4-8H2,1-3H3,(H,13,17)(H,15,16). The number of carboxylic acid groups (broad SMARTS) is 1. The van der Waals surface area contributed by atoms with Crippen molar-refractivity contribution < 1.29 is 14.7 Å². The van der Waals surface area contributed by atoms with Crippen molar-refractivity contribution in [1.29, 1.82) is 0 Å². The highest BCUT2D eigenvalue weighted by atomic mass is 32.2. The summed E-state index contributed by atoms with van der Waals surface area (Å²) < 4.78 is 0.0900. The maximum atomic E-state index is 11.8. The summed E-state index contributed by atoms with van der Waals surface area (Å²) in [7, 11) is 0. The van der Waals surface area contributed by atoms with Crippen LogP contribution in [-0.4, -0.2) is 52.6 Å². The van der Waals surface area contributed by atoms with Gasteiger partial charge in [0, 0.05) is 24.4 Å². The Bertz CT molecular complexity index is 304. The van der Waals surface area contributed by atoms with Gasteiger partial charge in [0.05, 0.1) is 5.92 Å². The highest BCUT2D eigenvalue weighted by Crippen LogP contribution is 2.29. The lowest BCUT2D eigenvalue weighted by atomic mass is 10.0. The van der Waals surface area contributed by atoms with Crippen molar-refractivity contribution >= 4 is 23.8 Å². The number of carbonyl (C=O) groups is 2. The zero-order chi connectivity index (χ0) is 13.8. The first kappa shape index (κ1) is 15.1. The lowest BCUT2D eigenvalue weighted by molar-refractivity contribution is -0.146. The molecule has 2 amide bonds. The third kappa shape index (κ3) is 3.31. The van der Waals surface area contributed by atoms with Crippen LogP contribution in [0, 0.1) is 5.92 Å². The Morgan fingerprint density at radius 2 is 1.94 bits per heavy atom. The fourth-order valence-electron chi connectivity index (χ4n) is 2.01. The average molecular weight is 274 g/mol. The normalized spacial score (nSPS) is 16.3. The molecule has 0 radical (unpaired) electrons. The van der Waals surface area contributed by atoms with Gasteiger partial charge >= 0.3 is 12.0 Å². The number of likely N-dealkylation sites (tertiary alicyclic amines) is 1. The van der Waals surface area contributed by atoms with Crippen molar-refractivity contribution in [3.8, 4) is 0 Å². The van der Waals surface area contributed by atoms with E-state index in [1.807, 2.05) is 0 Å². The number of carboxylic acids is 1. The largest absolute Gasteiger partial charge is 0.481 e. The molecule has 1 heterocycles. The van der Waals surface area contributed by atoms with Crippen molar-refractivity contribution in [1.82, 2.24) is 10.2 Å². The minimum absolute atomic E-state index is 0.0900. The van der Waals surface area contributed by atoms with Crippen LogP contribution in [0.1, 0.15) is 26.7 Å². The molecular formula is C12H22N2O3S. The van der Waals surface area contributed by atoms with Gasteiger partial charge < -0.3 is 15.3 Å². The van der Waals surface area contributed by atoms with Crippen LogP contribution in [0.2, 0.25) is 0 Å². The molecule has 0 unspecified atom stereocenters. The molecule has 0 aromatic carbocycles. The topological polar surface area (TPSA) is 69.6 Å².